The Labute approximate surface area is 171 Å². The van der Waals surface area contributed by atoms with Crippen LogP contribution in [-0.4, -0.2) is 8.42 Å². The van der Waals surface area contributed by atoms with Crippen LogP contribution in [0.3, 0.4) is 0 Å². The van der Waals surface area contributed by atoms with Gasteiger partial charge in [-0.05, 0) is 78.6 Å². The highest BCUT2D eigenvalue weighted by Gasteiger charge is 2.15. The quantitative estimate of drug-likeness (QED) is 0.482. The molecular formula is C22H22ClNO3S. The summed E-state index contributed by atoms with van der Waals surface area (Å²) in [6.45, 7) is 4.23. The van der Waals surface area contributed by atoms with E-state index < -0.39 is 10.0 Å². The molecule has 28 heavy (non-hydrogen) atoms. The molecule has 6 heteroatoms. The third kappa shape index (κ3) is 5.06. The number of rotatable bonds is 7. The van der Waals surface area contributed by atoms with E-state index in [9.17, 15) is 8.42 Å². The van der Waals surface area contributed by atoms with Crippen molar-refractivity contribution in [2.45, 2.75) is 31.1 Å². The van der Waals surface area contributed by atoms with E-state index in [0.717, 1.165) is 12.0 Å². The molecule has 0 saturated carbocycles. The molecular weight excluding hydrogens is 394 g/mol. The molecule has 0 aromatic heterocycles. The van der Waals surface area contributed by atoms with Crippen LogP contribution in [0.5, 0.6) is 11.5 Å². The van der Waals surface area contributed by atoms with E-state index in [1.54, 1.807) is 60.7 Å². The zero-order chi connectivity index (χ0) is 20.1. The summed E-state index contributed by atoms with van der Waals surface area (Å²) in [7, 11) is -3.64. The van der Waals surface area contributed by atoms with Crippen LogP contribution in [-0.2, 0) is 10.0 Å². The van der Waals surface area contributed by atoms with E-state index >= 15 is 0 Å². The SMILES string of the molecule is CC[C@H](C)c1ccc(S(=O)(=O)Nc2ccc(Oc3ccc(Cl)cc3)cc2)cc1. The van der Waals surface area contributed by atoms with Gasteiger partial charge < -0.3 is 4.74 Å². The molecule has 3 rings (SSSR count). The first kappa shape index (κ1) is 20.2. The Morgan fingerprint density at radius 2 is 1.43 bits per heavy atom. The second-order valence-electron chi connectivity index (χ2n) is 6.56. The van der Waals surface area contributed by atoms with E-state index in [0.29, 0.717) is 28.1 Å². The van der Waals surface area contributed by atoms with Crippen LogP contribution in [0.1, 0.15) is 31.7 Å². The Hall–Kier alpha value is -2.50. The lowest BCUT2D eigenvalue weighted by Gasteiger charge is -2.12. The van der Waals surface area contributed by atoms with Crippen LogP contribution in [0, 0.1) is 0 Å². The maximum absolute atomic E-state index is 12.6. The molecule has 0 fully saturated rings. The summed E-state index contributed by atoms with van der Waals surface area (Å²) in [6, 6.07) is 20.8. The zero-order valence-corrected chi connectivity index (χ0v) is 17.3. The highest BCUT2D eigenvalue weighted by Crippen LogP contribution is 2.26. The Balaban J connectivity index is 1.69. The van der Waals surface area contributed by atoms with E-state index in [-0.39, 0.29) is 4.90 Å². The van der Waals surface area contributed by atoms with Crippen LogP contribution < -0.4 is 9.46 Å². The lowest BCUT2D eigenvalue weighted by molar-refractivity contribution is 0.483. The van der Waals surface area contributed by atoms with Crippen molar-refractivity contribution in [1.29, 1.82) is 0 Å². The molecule has 0 unspecified atom stereocenters. The molecule has 3 aromatic carbocycles. The molecule has 0 amide bonds. The second kappa shape index (κ2) is 8.67. The number of anilines is 1. The number of benzene rings is 3. The molecule has 146 valence electrons. The summed E-state index contributed by atoms with van der Waals surface area (Å²) in [5, 5.41) is 0.634. The molecule has 0 heterocycles. The summed E-state index contributed by atoms with van der Waals surface area (Å²) in [4.78, 5) is 0.237. The third-order valence-corrected chi connectivity index (χ3v) is 6.18. The minimum Gasteiger partial charge on any atom is -0.457 e. The van der Waals surface area contributed by atoms with Gasteiger partial charge in [0.2, 0.25) is 0 Å². The Morgan fingerprint density at radius 3 is 1.96 bits per heavy atom. The highest BCUT2D eigenvalue weighted by molar-refractivity contribution is 7.92. The molecule has 0 aliphatic carbocycles. The Bertz CT molecular complexity index is 1010. The Morgan fingerprint density at radius 1 is 0.893 bits per heavy atom. The molecule has 0 saturated heterocycles. The summed E-state index contributed by atoms with van der Waals surface area (Å²) < 4.78 is 33.5. The predicted octanol–water partition coefficient (Wildman–Crippen LogP) is 6.45. The summed E-state index contributed by atoms with van der Waals surface area (Å²) in [5.74, 6) is 1.65. The van der Waals surface area contributed by atoms with Crippen LogP contribution >= 0.6 is 11.6 Å². The number of hydrogen-bond donors (Lipinski definition) is 1. The largest absolute Gasteiger partial charge is 0.457 e. The van der Waals surface area contributed by atoms with Gasteiger partial charge in [0.1, 0.15) is 11.5 Å². The van der Waals surface area contributed by atoms with Gasteiger partial charge in [0.15, 0.2) is 0 Å². The molecule has 3 aromatic rings. The normalized spacial score (nSPS) is 12.4. The maximum atomic E-state index is 12.6. The summed E-state index contributed by atoms with van der Waals surface area (Å²) >= 11 is 5.86. The zero-order valence-electron chi connectivity index (χ0n) is 15.7. The Kier molecular flexibility index (Phi) is 6.27. The fourth-order valence-electron chi connectivity index (χ4n) is 2.66. The van der Waals surface area contributed by atoms with Crippen molar-refractivity contribution in [1.82, 2.24) is 0 Å². The molecule has 1 atom stereocenters. The lowest BCUT2D eigenvalue weighted by Crippen LogP contribution is -2.13. The fourth-order valence-corrected chi connectivity index (χ4v) is 3.84. The van der Waals surface area contributed by atoms with E-state index in [1.165, 1.54) is 0 Å². The van der Waals surface area contributed by atoms with Crippen molar-refractivity contribution >= 4 is 27.3 Å². The topological polar surface area (TPSA) is 55.4 Å². The lowest BCUT2D eigenvalue weighted by atomic mass is 9.99. The van der Waals surface area contributed by atoms with Gasteiger partial charge in [-0.25, -0.2) is 8.42 Å². The van der Waals surface area contributed by atoms with E-state index in [4.69, 9.17) is 16.3 Å². The first-order valence-electron chi connectivity index (χ1n) is 9.03. The van der Waals surface area contributed by atoms with Crippen molar-refractivity contribution in [3.63, 3.8) is 0 Å². The first-order valence-corrected chi connectivity index (χ1v) is 10.9. The van der Waals surface area contributed by atoms with Gasteiger partial charge in [-0.3, -0.25) is 4.72 Å². The van der Waals surface area contributed by atoms with Crippen molar-refractivity contribution in [2.24, 2.45) is 0 Å². The maximum Gasteiger partial charge on any atom is 0.261 e. The van der Waals surface area contributed by atoms with Crippen LogP contribution in [0.25, 0.3) is 0 Å². The van der Waals surface area contributed by atoms with Crippen molar-refractivity contribution in [2.75, 3.05) is 4.72 Å². The van der Waals surface area contributed by atoms with Crippen molar-refractivity contribution < 1.29 is 13.2 Å². The van der Waals surface area contributed by atoms with Gasteiger partial charge in [-0.15, -0.1) is 0 Å². The van der Waals surface area contributed by atoms with Gasteiger partial charge >= 0.3 is 0 Å². The molecule has 0 spiro atoms. The monoisotopic (exact) mass is 415 g/mol. The molecule has 4 nitrogen and oxygen atoms in total. The van der Waals surface area contributed by atoms with Crippen molar-refractivity contribution in [3.8, 4) is 11.5 Å². The van der Waals surface area contributed by atoms with Gasteiger partial charge in [0.05, 0.1) is 4.90 Å². The van der Waals surface area contributed by atoms with Gasteiger partial charge in [0.25, 0.3) is 10.0 Å². The molecule has 0 radical (unpaired) electrons. The predicted molar refractivity (Wildman–Crippen MR) is 114 cm³/mol. The third-order valence-electron chi connectivity index (χ3n) is 4.53. The van der Waals surface area contributed by atoms with Crippen molar-refractivity contribution in [3.05, 3.63) is 83.4 Å². The molecule has 0 aliphatic heterocycles. The number of nitrogens with one attached hydrogen (secondary N) is 1. The summed E-state index contributed by atoms with van der Waals surface area (Å²) in [6.07, 6.45) is 1.01. The number of halogens is 1. The van der Waals surface area contributed by atoms with E-state index in [2.05, 4.69) is 18.6 Å². The average Bonchev–Trinajstić information content (AvgIpc) is 2.70. The minimum atomic E-state index is -3.64. The van der Waals surface area contributed by atoms with Crippen LogP contribution in [0.15, 0.2) is 77.7 Å². The first-order chi connectivity index (χ1) is 13.4. The minimum absolute atomic E-state index is 0.237. The highest BCUT2D eigenvalue weighted by atomic mass is 35.5. The van der Waals surface area contributed by atoms with Crippen LogP contribution in [0.4, 0.5) is 5.69 Å². The van der Waals surface area contributed by atoms with Gasteiger partial charge in [0, 0.05) is 10.7 Å². The summed E-state index contributed by atoms with van der Waals surface area (Å²) in [5.41, 5.74) is 1.60. The number of ether oxygens (including phenoxy) is 1. The fraction of sp³-hybridized carbons (Fsp3) is 0.182. The smallest absolute Gasteiger partial charge is 0.261 e. The second-order valence-corrected chi connectivity index (χ2v) is 8.68. The van der Waals surface area contributed by atoms with E-state index in [1.807, 2.05) is 12.1 Å². The van der Waals surface area contributed by atoms with Gasteiger partial charge in [-0.1, -0.05) is 37.6 Å². The standard InChI is InChI=1S/C22H22ClNO3S/c1-3-16(2)17-4-14-22(15-5-17)28(25,26)24-19-8-12-21(13-9-19)27-20-10-6-18(23)7-11-20/h4-16,24H,3H2,1-2H3/t16-/m0/s1. The molecule has 0 bridgehead atoms. The van der Waals surface area contributed by atoms with Gasteiger partial charge in [-0.2, -0.15) is 0 Å². The number of hydrogen-bond acceptors (Lipinski definition) is 3. The number of sulfonamides is 1. The molecule has 1 N–H and O–H groups in total. The average molecular weight is 416 g/mol. The molecule has 0 aliphatic rings. The van der Waals surface area contributed by atoms with Crippen LogP contribution in [0.2, 0.25) is 5.02 Å².